The quantitative estimate of drug-likeness (QED) is 0.327. The summed E-state index contributed by atoms with van der Waals surface area (Å²) in [6.07, 6.45) is 5.43. The minimum absolute atomic E-state index is 0.0479. The smallest absolute Gasteiger partial charge is 0.419 e. The van der Waals surface area contributed by atoms with Crippen LogP contribution in [-0.4, -0.2) is 28.7 Å². The minimum Gasteiger partial charge on any atom is -0.493 e. The lowest BCUT2D eigenvalue weighted by atomic mass is 9.87. The highest BCUT2D eigenvalue weighted by atomic mass is 19.4. The van der Waals surface area contributed by atoms with Crippen LogP contribution in [0.2, 0.25) is 0 Å². The summed E-state index contributed by atoms with van der Waals surface area (Å²) in [5.41, 5.74) is -0.675. The summed E-state index contributed by atoms with van der Waals surface area (Å²) in [4.78, 5) is 5.66. The molecule has 0 amide bonds. The van der Waals surface area contributed by atoms with Gasteiger partial charge in [0.2, 0.25) is 11.7 Å². The monoisotopic (exact) mass is 450 g/mol. The molecule has 1 aromatic heterocycles. The van der Waals surface area contributed by atoms with Gasteiger partial charge in [0.05, 0.1) is 12.2 Å². The highest BCUT2D eigenvalue weighted by Gasteiger charge is 2.35. The number of nitriles is 1. The zero-order valence-corrected chi connectivity index (χ0v) is 18.5. The molecule has 0 spiro atoms. The number of halogens is 3. The first-order chi connectivity index (χ1) is 15.3. The molecule has 1 heterocycles. The SMILES string of the molecule is CCCC(c1nc(-c2ccc(OCCC3CCCCC3)c(C(F)(F)F)c2)no1)N(C)C#N. The molecule has 3 rings (SSSR count). The van der Waals surface area contributed by atoms with Gasteiger partial charge in [0, 0.05) is 12.6 Å². The number of benzene rings is 1. The van der Waals surface area contributed by atoms with Crippen LogP contribution >= 0.6 is 0 Å². The number of hydrogen-bond acceptors (Lipinski definition) is 6. The van der Waals surface area contributed by atoms with Gasteiger partial charge in [-0.05, 0) is 37.0 Å². The lowest BCUT2D eigenvalue weighted by Crippen LogP contribution is -2.19. The average molecular weight is 451 g/mol. The van der Waals surface area contributed by atoms with Crippen LogP contribution in [-0.2, 0) is 6.18 Å². The lowest BCUT2D eigenvalue weighted by molar-refractivity contribution is -0.138. The van der Waals surface area contributed by atoms with Crippen molar-refractivity contribution < 1.29 is 22.4 Å². The average Bonchev–Trinajstić information content (AvgIpc) is 3.27. The molecule has 1 aliphatic carbocycles. The van der Waals surface area contributed by atoms with Crippen molar-refractivity contribution in [1.29, 1.82) is 5.26 Å². The van der Waals surface area contributed by atoms with Crippen LogP contribution in [0.3, 0.4) is 0 Å². The molecular weight excluding hydrogens is 421 g/mol. The topological polar surface area (TPSA) is 75.2 Å². The van der Waals surface area contributed by atoms with Gasteiger partial charge in [0.15, 0.2) is 6.19 Å². The van der Waals surface area contributed by atoms with Crippen molar-refractivity contribution in [2.75, 3.05) is 13.7 Å². The molecule has 0 bridgehead atoms. The molecule has 174 valence electrons. The van der Waals surface area contributed by atoms with Crippen LogP contribution in [0, 0.1) is 17.4 Å². The highest BCUT2D eigenvalue weighted by Crippen LogP contribution is 2.39. The first kappa shape index (κ1) is 23.9. The van der Waals surface area contributed by atoms with E-state index in [1.165, 1.54) is 36.3 Å². The van der Waals surface area contributed by atoms with Crippen molar-refractivity contribution in [3.8, 4) is 23.3 Å². The third kappa shape index (κ3) is 5.93. The molecule has 32 heavy (non-hydrogen) atoms. The molecule has 0 saturated heterocycles. The molecule has 0 aliphatic heterocycles. The van der Waals surface area contributed by atoms with Crippen molar-refractivity contribution >= 4 is 0 Å². The summed E-state index contributed by atoms with van der Waals surface area (Å²) in [5.74, 6) is 0.588. The Morgan fingerprint density at radius 3 is 2.69 bits per heavy atom. The van der Waals surface area contributed by atoms with E-state index in [0.29, 0.717) is 12.3 Å². The summed E-state index contributed by atoms with van der Waals surface area (Å²) in [5, 5.41) is 13.0. The van der Waals surface area contributed by atoms with E-state index in [1.807, 2.05) is 13.1 Å². The summed E-state index contributed by atoms with van der Waals surface area (Å²) in [6.45, 7) is 2.22. The molecular formula is C23H29F3N4O2. The van der Waals surface area contributed by atoms with Crippen LogP contribution in [0.1, 0.15) is 75.8 Å². The van der Waals surface area contributed by atoms with Crippen molar-refractivity contribution in [3.05, 3.63) is 29.7 Å². The first-order valence-electron chi connectivity index (χ1n) is 11.1. The van der Waals surface area contributed by atoms with Gasteiger partial charge < -0.3 is 14.2 Å². The predicted octanol–water partition coefficient (Wildman–Crippen LogP) is 6.36. The number of aromatic nitrogens is 2. The van der Waals surface area contributed by atoms with Gasteiger partial charge >= 0.3 is 6.18 Å². The summed E-state index contributed by atoms with van der Waals surface area (Å²) in [7, 11) is 1.60. The molecule has 2 aromatic rings. The minimum atomic E-state index is -4.57. The summed E-state index contributed by atoms with van der Waals surface area (Å²) < 4.78 is 52.0. The maximum atomic E-state index is 13.7. The van der Waals surface area contributed by atoms with Gasteiger partial charge in [-0.2, -0.15) is 23.4 Å². The molecule has 1 aromatic carbocycles. The number of alkyl halides is 3. The number of hydrogen-bond donors (Lipinski definition) is 0. The molecule has 6 nitrogen and oxygen atoms in total. The maximum absolute atomic E-state index is 13.7. The first-order valence-corrected chi connectivity index (χ1v) is 11.1. The second kappa shape index (κ2) is 10.7. The Hall–Kier alpha value is -2.76. The maximum Gasteiger partial charge on any atom is 0.419 e. The van der Waals surface area contributed by atoms with Gasteiger partial charge in [-0.1, -0.05) is 50.6 Å². The molecule has 1 unspecified atom stereocenters. The fourth-order valence-corrected chi connectivity index (χ4v) is 4.14. The standard InChI is InChI=1S/C23H29F3N4O2/c1-3-7-19(30(2)15-27)22-28-21(29-32-22)17-10-11-20(18(14-17)23(24,25)26)31-13-12-16-8-5-4-6-9-16/h10-11,14,16,19H,3-9,12-13H2,1-2H3. The highest BCUT2D eigenvalue weighted by molar-refractivity contribution is 5.59. The van der Waals surface area contributed by atoms with Gasteiger partial charge in [0.1, 0.15) is 11.8 Å². The van der Waals surface area contributed by atoms with E-state index in [1.54, 1.807) is 7.05 Å². The van der Waals surface area contributed by atoms with E-state index in [2.05, 4.69) is 10.1 Å². The molecule has 1 atom stereocenters. The number of rotatable bonds is 9. The molecule has 1 saturated carbocycles. The third-order valence-electron chi connectivity index (χ3n) is 5.97. The van der Waals surface area contributed by atoms with Gasteiger partial charge in [-0.25, -0.2) is 0 Å². The van der Waals surface area contributed by atoms with Gasteiger partial charge in [-0.3, -0.25) is 0 Å². The van der Waals surface area contributed by atoms with Crippen LogP contribution in [0.15, 0.2) is 22.7 Å². The van der Waals surface area contributed by atoms with E-state index >= 15 is 0 Å². The Balaban J connectivity index is 1.78. The predicted molar refractivity (Wildman–Crippen MR) is 112 cm³/mol. The Labute approximate surface area is 186 Å². The zero-order valence-electron chi connectivity index (χ0n) is 18.5. The van der Waals surface area contributed by atoms with E-state index in [0.717, 1.165) is 31.7 Å². The van der Waals surface area contributed by atoms with Gasteiger partial charge in [-0.15, -0.1) is 0 Å². The van der Waals surface area contributed by atoms with E-state index < -0.39 is 17.8 Å². The Morgan fingerprint density at radius 2 is 2.03 bits per heavy atom. The summed E-state index contributed by atoms with van der Waals surface area (Å²) >= 11 is 0. The second-order valence-electron chi connectivity index (χ2n) is 8.32. The zero-order chi connectivity index (χ0) is 23.1. The Kier molecular flexibility index (Phi) is 7.99. The van der Waals surface area contributed by atoms with E-state index in [4.69, 9.17) is 9.26 Å². The fraction of sp³-hybridized carbons (Fsp3) is 0.609. The lowest BCUT2D eigenvalue weighted by Gasteiger charge is -2.22. The second-order valence-corrected chi connectivity index (χ2v) is 8.32. The molecule has 0 radical (unpaired) electrons. The number of nitrogens with zero attached hydrogens (tertiary/aromatic N) is 4. The van der Waals surface area contributed by atoms with Crippen LogP contribution in [0.4, 0.5) is 13.2 Å². The van der Waals surface area contributed by atoms with Crippen LogP contribution < -0.4 is 4.74 Å². The van der Waals surface area contributed by atoms with Crippen molar-refractivity contribution in [2.24, 2.45) is 5.92 Å². The number of ether oxygens (including phenoxy) is 1. The Bertz CT molecular complexity index is 917. The van der Waals surface area contributed by atoms with Crippen molar-refractivity contribution in [3.63, 3.8) is 0 Å². The molecule has 0 N–H and O–H groups in total. The molecule has 1 fully saturated rings. The van der Waals surface area contributed by atoms with Crippen LogP contribution in [0.5, 0.6) is 5.75 Å². The van der Waals surface area contributed by atoms with Crippen molar-refractivity contribution in [1.82, 2.24) is 15.0 Å². The van der Waals surface area contributed by atoms with Gasteiger partial charge in [0.25, 0.3) is 0 Å². The fourth-order valence-electron chi connectivity index (χ4n) is 4.14. The van der Waals surface area contributed by atoms with Crippen molar-refractivity contribution in [2.45, 2.75) is 70.5 Å². The molecule has 1 aliphatic rings. The molecule has 9 heteroatoms. The third-order valence-corrected chi connectivity index (χ3v) is 5.97. The normalized spacial score (nSPS) is 15.9. The Morgan fingerprint density at radius 1 is 1.28 bits per heavy atom. The summed E-state index contributed by atoms with van der Waals surface area (Å²) in [6, 6.07) is 3.39. The van der Waals surface area contributed by atoms with E-state index in [9.17, 15) is 18.4 Å². The van der Waals surface area contributed by atoms with E-state index in [-0.39, 0.29) is 29.6 Å². The van der Waals surface area contributed by atoms with Crippen LogP contribution in [0.25, 0.3) is 11.4 Å². The largest absolute Gasteiger partial charge is 0.493 e.